The Balaban J connectivity index is 2.49. The van der Waals surface area contributed by atoms with Crippen molar-refractivity contribution in [2.75, 3.05) is 7.05 Å². The molecule has 0 radical (unpaired) electrons. The maximum absolute atomic E-state index is 13.4. The molecule has 0 bridgehead atoms. The van der Waals surface area contributed by atoms with Crippen molar-refractivity contribution >= 4 is 15.9 Å². The highest BCUT2D eigenvalue weighted by molar-refractivity contribution is 9.10. The lowest BCUT2D eigenvalue weighted by atomic mass is 9.95. The van der Waals surface area contributed by atoms with Crippen LogP contribution in [-0.2, 0) is 0 Å². The second-order valence-corrected chi connectivity index (χ2v) is 5.31. The zero-order valence-electron chi connectivity index (χ0n) is 10.7. The Labute approximate surface area is 119 Å². The van der Waals surface area contributed by atoms with E-state index in [-0.39, 0.29) is 6.04 Å². The van der Waals surface area contributed by atoms with Crippen LogP contribution in [0.25, 0.3) is 0 Å². The summed E-state index contributed by atoms with van der Waals surface area (Å²) in [4.78, 5) is 0. The van der Waals surface area contributed by atoms with Crippen LogP contribution in [0.3, 0.4) is 0 Å². The van der Waals surface area contributed by atoms with E-state index in [9.17, 15) is 8.78 Å². The van der Waals surface area contributed by atoms with Gasteiger partial charge in [-0.15, -0.1) is 0 Å². The van der Waals surface area contributed by atoms with E-state index < -0.39 is 11.6 Å². The SMILES string of the molecule is CNC(c1ccc(F)c(F)c1)c1cc(Br)ccc1C. The van der Waals surface area contributed by atoms with Gasteiger partial charge in [-0.3, -0.25) is 0 Å². The monoisotopic (exact) mass is 325 g/mol. The number of nitrogens with one attached hydrogen (secondary N) is 1. The predicted octanol–water partition coefficient (Wildman–Crippen LogP) is 4.34. The minimum Gasteiger partial charge on any atom is -0.309 e. The summed E-state index contributed by atoms with van der Waals surface area (Å²) in [5, 5.41) is 3.14. The van der Waals surface area contributed by atoms with Crippen LogP contribution in [0.15, 0.2) is 40.9 Å². The summed E-state index contributed by atoms with van der Waals surface area (Å²) in [6.07, 6.45) is 0. The van der Waals surface area contributed by atoms with Gasteiger partial charge in [-0.25, -0.2) is 8.78 Å². The quantitative estimate of drug-likeness (QED) is 0.884. The summed E-state index contributed by atoms with van der Waals surface area (Å²) in [7, 11) is 1.80. The molecule has 0 saturated heterocycles. The van der Waals surface area contributed by atoms with E-state index in [4.69, 9.17) is 0 Å². The normalized spacial score (nSPS) is 12.5. The van der Waals surface area contributed by atoms with Crippen LogP contribution in [0, 0.1) is 18.6 Å². The fraction of sp³-hybridized carbons (Fsp3) is 0.200. The van der Waals surface area contributed by atoms with Crippen LogP contribution in [0.4, 0.5) is 8.78 Å². The minimum atomic E-state index is -0.829. The van der Waals surface area contributed by atoms with E-state index in [0.29, 0.717) is 5.56 Å². The molecule has 0 aliphatic heterocycles. The van der Waals surface area contributed by atoms with Gasteiger partial charge in [0.15, 0.2) is 11.6 Å². The van der Waals surface area contributed by atoms with Crippen molar-refractivity contribution in [3.8, 4) is 0 Å². The van der Waals surface area contributed by atoms with Gasteiger partial charge in [0.05, 0.1) is 6.04 Å². The van der Waals surface area contributed by atoms with Crippen molar-refractivity contribution in [2.24, 2.45) is 0 Å². The standard InChI is InChI=1S/C15H14BrF2N/c1-9-3-5-11(16)8-12(9)15(19-2)10-4-6-13(17)14(18)7-10/h3-8,15,19H,1-2H3. The van der Waals surface area contributed by atoms with Gasteiger partial charge in [-0.2, -0.15) is 0 Å². The van der Waals surface area contributed by atoms with Crippen LogP contribution >= 0.6 is 15.9 Å². The molecule has 2 aromatic rings. The minimum absolute atomic E-state index is 0.174. The Kier molecular flexibility index (Phi) is 4.32. The largest absolute Gasteiger partial charge is 0.309 e. The van der Waals surface area contributed by atoms with Crippen LogP contribution < -0.4 is 5.32 Å². The van der Waals surface area contributed by atoms with Gasteiger partial charge in [0.1, 0.15) is 0 Å². The van der Waals surface area contributed by atoms with E-state index in [2.05, 4.69) is 21.2 Å². The average Bonchev–Trinajstić information content (AvgIpc) is 2.38. The predicted molar refractivity (Wildman–Crippen MR) is 76.1 cm³/mol. The smallest absolute Gasteiger partial charge is 0.159 e. The van der Waals surface area contributed by atoms with Crippen LogP contribution in [0.2, 0.25) is 0 Å². The molecule has 0 aromatic heterocycles. The van der Waals surface area contributed by atoms with Crippen molar-refractivity contribution in [2.45, 2.75) is 13.0 Å². The van der Waals surface area contributed by atoms with Gasteiger partial charge in [0.2, 0.25) is 0 Å². The number of hydrogen-bond donors (Lipinski definition) is 1. The van der Waals surface area contributed by atoms with Gasteiger partial charge < -0.3 is 5.32 Å². The van der Waals surface area contributed by atoms with E-state index in [1.807, 2.05) is 25.1 Å². The molecule has 2 rings (SSSR count). The molecule has 4 heteroatoms. The van der Waals surface area contributed by atoms with Crippen LogP contribution in [0.5, 0.6) is 0 Å². The molecule has 0 amide bonds. The molecule has 1 nitrogen and oxygen atoms in total. The lowest BCUT2D eigenvalue weighted by Crippen LogP contribution is -2.19. The van der Waals surface area contributed by atoms with Crippen LogP contribution in [-0.4, -0.2) is 7.05 Å². The summed E-state index contributed by atoms with van der Waals surface area (Å²) >= 11 is 3.43. The molecular weight excluding hydrogens is 312 g/mol. The zero-order valence-corrected chi connectivity index (χ0v) is 12.3. The average molecular weight is 326 g/mol. The highest BCUT2D eigenvalue weighted by Crippen LogP contribution is 2.28. The van der Waals surface area contributed by atoms with Crippen molar-refractivity contribution in [3.05, 3.63) is 69.2 Å². The Morgan fingerprint density at radius 3 is 2.42 bits per heavy atom. The van der Waals surface area contributed by atoms with E-state index in [1.165, 1.54) is 6.07 Å². The molecule has 0 aliphatic carbocycles. The van der Waals surface area contributed by atoms with Crippen molar-refractivity contribution in [1.82, 2.24) is 5.32 Å². The lowest BCUT2D eigenvalue weighted by Gasteiger charge is -2.20. The topological polar surface area (TPSA) is 12.0 Å². The summed E-state index contributed by atoms with van der Waals surface area (Å²) in [5.41, 5.74) is 2.82. The second kappa shape index (κ2) is 5.80. The third-order valence-corrected chi connectivity index (χ3v) is 3.61. The van der Waals surface area contributed by atoms with Gasteiger partial charge in [0, 0.05) is 4.47 Å². The maximum Gasteiger partial charge on any atom is 0.159 e. The molecule has 1 atom stereocenters. The second-order valence-electron chi connectivity index (χ2n) is 4.40. The summed E-state index contributed by atoms with van der Waals surface area (Å²) in [6.45, 7) is 1.99. The van der Waals surface area contributed by atoms with Crippen molar-refractivity contribution in [3.63, 3.8) is 0 Å². The highest BCUT2D eigenvalue weighted by atomic mass is 79.9. The molecule has 0 spiro atoms. The Morgan fingerprint density at radius 2 is 1.79 bits per heavy atom. The highest BCUT2D eigenvalue weighted by Gasteiger charge is 2.16. The molecule has 1 N–H and O–H groups in total. The lowest BCUT2D eigenvalue weighted by molar-refractivity contribution is 0.505. The van der Waals surface area contributed by atoms with E-state index in [1.54, 1.807) is 13.1 Å². The number of hydrogen-bond acceptors (Lipinski definition) is 1. The third-order valence-electron chi connectivity index (χ3n) is 3.12. The first-order valence-corrected chi connectivity index (χ1v) is 6.70. The molecule has 1 unspecified atom stereocenters. The molecule has 0 aliphatic rings. The number of rotatable bonds is 3. The fourth-order valence-corrected chi connectivity index (χ4v) is 2.49. The van der Waals surface area contributed by atoms with Crippen molar-refractivity contribution in [1.29, 1.82) is 0 Å². The molecule has 0 saturated carbocycles. The van der Waals surface area contributed by atoms with Gasteiger partial charge in [0.25, 0.3) is 0 Å². The summed E-state index contributed by atoms with van der Waals surface area (Å²) in [5.74, 6) is -1.66. The fourth-order valence-electron chi connectivity index (χ4n) is 2.12. The molecular formula is C15H14BrF2N. The first kappa shape index (κ1) is 14.2. The maximum atomic E-state index is 13.4. The first-order chi connectivity index (χ1) is 9.02. The third kappa shape index (κ3) is 3.01. The zero-order chi connectivity index (χ0) is 14.0. The molecule has 0 heterocycles. The summed E-state index contributed by atoms with van der Waals surface area (Å²) in [6, 6.07) is 9.74. The molecule has 100 valence electrons. The number of aryl methyl sites for hydroxylation is 1. The Bertz CT molecular complexity index is 599. The first-order valence-electron chi connectivity index (χ1n) is 5.91. The number of halogens is 3. The van der Waals surface area contributed by atoms with Gasteiger partial charge in [-0.05, 0) is 54.9 Å². The van der Waals surface area contributed by atoms with Gasteiger partial charge >= 0.3 is 0 Å². The van der Waals surface area contributed by atoms with Crippen LogP contribution in [0.1, 0.15) is 22.7 Å². The molecule has 2 aromatic carbocycles. The summed E-state index contributed by atoms with van der Waals surface area (Å²) < 4.78 is 27.3. The van der Waals surface area contributed by atoms with Crippen molar-refractivity contribution < 1.29 is 8.78 Å². The molecule has 19 heavy (non-hydrogen) atoms. The van der Waals surface area contributed by atoms with E-state index >= 15 is 0 Å². The number of benzene rings is 2. The molecule has 0 fully saturated rings. The van der Waals surface area contributed by atoms with Gasteiger partial charge in [-0.1, -0.05) is 28.1 Å². The Hall–Kier alpha value is -1.26. The Morgan fingerprint density at radius 1 is 1.05 bits per heavy atom. The van der Waals surface area contributed by atoms with E-state index in [0.717, 1.165) is 21.7 Å².